The van der Waals surface area contributed by atoms with Crippen LogP contribution in [0.5, 0.6) is 5.75 Å². The van der Waals surface area contributed by atoms with Crippen LogP contribution in [0.1, 0.15) is 19.9 Å². The Labute approximate surface area is 181 Å². The zero-order chi connectivity index (χ0) is 22.0. The monoisotopic (exact) mass is 437 g/mol. The van der Waals surface area contributed by atoms with Gasteiger partial charge in [-0.3, -0.25) is 14.2 Å². The van der Waals surface area contributed by atoms with Crippen LogP contribution in [0.25, 0.3) is 21.3 Å². The van der Waals surface area contributed by atoms with Crippen LogP contribution in [0.2, 0.25) is 0 Å². The minimum atomic E-state index is -0.781. The Hall–Kier alpha value is -3.52. The number of carbonyl (C=O) groups excluding carboxylic acids is 1. The Morgan fingerprint density at radius 1 is 1.19 bits per heavy atom. The van der Waals surface area contributed by atoms with Crippen molar-refractivity contribution in [1.82, 2.24) is 9.55 Å². The van der Waals surface area contributed by atoms with E-state index in [1.54, 1.807) is 43.3 Å². The first-order valence-electron chi connectivity index (χ1n) is 9.76. The van der Waals surface area contributed by atoms with Gasteiger partial charge in [-0.05, 0) is 55.8 Å². The molecule has 0 unspecified atom stereocenters. The number of rotatable bonds is 6. The third kappa shape index (κ3) is 4.20. The number of carbonyl (C=O) groups is 1. The summed E-state index contributed by atoms with van der Waals surface area (Å²) < 4.78 is 20.0. The second-order valence-corrected chi connectivity index (χ2v) is 7.77. The van der Waals surface area contributed by atoms with Crippen LogP contribution in [0.3, 0.4) is 0 Å². The summed E-state index contributed by atoms with van der Waals surface area (Å²) in [7, 11) is 0. The summed E-state index contributed by atoms with van der Waals surface area (Å²) >= 11 is 1.33. The largest absolute Gasteiger partial charge is 0.494 e. The quantitative estimate of drug-likeness (QED) is 0.467. The molecule has 0 aliphatic rings. The van der Waals surface area contributed by atoms with E-state index in [9.17, 15) is 14.0 Å². The smallest absolute Gasteiger partial charge is 0.263 e. The van der Waals surface area contributed by atoms with Crippen LogP contribution in [-0.4, -0.2) is 22.1 Å². The molecule has 0 saturated heterocycles. The second-order valence-electron chi connectivity index (χ2n) is 6.92. The predicted molar refractivity (Wildman–Crippen MR) is 120 cm³/mol. The lowest BCUT2D eigenvalue weighted by Crippen LogP contribution is -2.31. The maximum Gasteiger partial charge on any atom is 0.263 e. The number of nitrogens with one attached hydrogen (secondary N) is 1. The lowest BCUT2D eigenvalue weighted by Gasteiger charge is -2.15. The Bertz CT molecular complexity index is 1280. The number of fused-ring (bicyclic) bond motifs is 1. The second kappa shape index (κ2) is 8.69. The van der Waals surface area contributed by atoms with E-state index in [-0.39, 0.29) is 17.3 Å². The number of hydrogen-bond donors (Lipinski definition) is 1. The van der Waals surface area contributed by atoms with Crippen molar-refractivity contribution in [2.24, 2.45) is 0 Å². The normalized spacial score (nSPS) is 12.0. The molecule has 2 aromatic carbocycles. The van der Waals surface area contributed by atoms with Gasteiger partial charge in [0, 0.05) is 16.6 Å². The highest BCUT2D eigenvalue weighted by Gasteiger charge is 2.20. The minimum Gasteiger partial charge on any atom is -0.494 e. The van der Waals surface area contributed by atoms with E-state index in [0.29, 0.717) is 33.8 Å². The van der Waals surface area contributed by atoms with Crippen molar-refractivity contribution in [3.8, 4) is 16.9 Å². The number of benzene rings is 2. The van der Waals surface area contributed by atoms with Gasteiger partial charge in [-0.15, -0.1) is 11.3 Å². The molecule has 0 aliphatic carbocycles. The molecule has 0 spiro atoms. The minimum absolute atomic E-state index is 0.320. The number of nitrogens with zero attached hydrogens (tertiary/aromatic N) is 2. The molecule has 0 fully saturated rings. The van der Waals surface area contributed by atoms with E-state index in [1.165, 1.54) is 34.4 Å². The Kier molecular flexibility index (Phi) is 5.81. The third-order valence-corrected chi connectivity index (χ3v) is 5.79. The maximum absolute atomic E-state index is 13.3. The maximum atomic E-state index is 13.3. The lowest BCUT2D eigenvalue weighted by atomic mass is 10.1. The van der Waals surface area contributed by atoms with Crippen molar-refractivity contribution in [3.05, 3.63) is 76.4 Å². The number of thiophene rings is 1. The number of amides is 1. The highest BCUT2D eigenvalue weighted by atomic mass is 32.1. The molecule has 0 bridgehead atoms. The molecule has 0 aliphatic heterocycles. The highest BCUT2D eigenvalue weighted by Crippen LogP contribution is 2.31. The van der Waals surface area contributed by atoms with Crippen molar-refractivity contribution in [2.75, 3.05) is 11.9 Å². The molecule has 4 aromatic rings. The molecule has 31 heavy (non-hydrogen) atoms. The summed E-state index contributed by atoms with van der Waals surface area (Å²) in [6, 6.07) is 12.2. The zero-order valence-electron chi connectivity index (χ0n) is 17.0. The number of aromatic nitrogens is 2. The molecule has 0 saturated carbocycles. The molecule has 2 aromatic heterocycles. The molecule has 158 valence electrons. The van der Waals surface area contributed by atoms with Gasteiger partial charge in [0.2, 0.25) is 5.91 Å². The summed E-state index contributed by atoms with van der Waals surface area (Å²) in [5, 5.41) is 5.05. The lowest BCUT2D eigenvalue weighted by molar-refractivity contribution is -0.118. The van der Waals surface area contributed by atoms with Gasteiger partial charge in [0.25, 0.3) is 5.56 Å². The molecular formula is C23H20FN3O3S. The van der Waals surface area contributed by atoms with Crippen LogP contribution < -0.4 is 15.6 Å². The van der Waals surface area contributed by atoms with Gasteiger partial charge in [0.15, 0.2) is 0 Å². The van der Waals surface area contributed by atoms with Gasteiger partial charge < -0.3 is 10.1 Å². The van der Waals surface area contributed by atoms with Gasteiger partial charge in [-0.25, -0.2) is 9.37 Å². The topological polar surface area (TPSA) is 73.2 Å². The Morgan fingerprint density at radius 2 is 1.90 bits per heavy atom. The fraction of sp³-hybridized carbons (Fsp3) is 0.174. The van der Waals surface area contributed by atoms with Crippen LogP contribution in [-0.2, 0) is 4.79 Å². The van der Waals surface area contributed by atoms with Gasteiger partial charge in [-0.1, -0.05) is 12.1 Å². The first-order chi connectivity index (χ1) is 15.0. The summed E-state index contributed by atoms with van der Waals surface area (Å²) in [6.45, 7) is 4.10. The standard InChI is InChI=1S/C23H20FN3O3S/c1-3-30-18-10-8-17(9-11-18)26-21(28)14(2)27-13-25-22-20(23(27)29)19(12-31-22)15-4-6-16(24)7-5-15/h4-14H,3H2,1-2H3,(H,26,28)/t14-/m1/s1. The number of anilines is 1. The van der Waals surface area contributed by atoms with Crippen molar-refractivity contribution in [3.63, 3.8) is 0 Å². The summed E-state index contributed by atoms with van der Waals surface area (Å²) in [5.74, 6) is 0.0228. The van der Waals surface area contributed by atoms with E-state index in [1.807, 2.05) is 12.3 Å². The average molecular weight is 437 g/mol. The van der Waals surface area contributed by atoms with Gasteiger partial charge in [0.1, 0.15) is 22.4 Å². The Morgan fingerprint density at radius 3 is 2.58 bits per heavy atom. The van der Waals surface area contributed by atoms with Gasteiger partial charge in [0.05, 0.1) is 18.3 Å². The summed E-state index contributed by atoms with van der Waals surface area (Å²) in [6.07, 6.45) is 1.39. The van der Waals surface area contributed by atoms with Crippen molar-refractivity contribution in [1.29, 1.82) is 0 Å². The van der Waals surface area contributed by atoms with Crippen molar-refractivity contribution >= 4 is 33.1 Å². The first kappa shape index (κ1) is 20.7. The number of ether oxygens (including phenoxy) is 1. The average Bonchev–Trinajstić information content (AvgIpc) is 3.21. The molecule has 1 N–H and O–H groups in total. The third-order valence-electron chi connectivity index (χ3n) is 4.90. The highest BCUT2D eigenvalue weighted by molar-refractivity contribution is 7.17. The predicted octanol–water partition coefficient (Wildman–Crippen LogP) is 4.86. The van der Waals surface area contributed by atoms with Crippen LogP contribution in [0.15, 0.2) is 65.0 Å². The van der Waals surface area contributed by atoms with Crippen LogP contribution >= 0.6 is 11.3 Å². The number of hydrogen-bond acceptors (Lipinski definition) is 5. The molecule has 4 rings (SSSR count). The van der Waals surface area contributed by atoms with Gasteiger partial charge in [-0.2, -0.15) is 0 Å². The van der Waals surface area contributed by atoms with Crippen molar-refractivity contribution in [2.45, 2.75) is 19.9 Å². The molecule has 1 atom stereocenters. The van der Waals surface area contributed by atoms with E-state index in [2.05, 4.69) is 10.3 Å². The van der Waals surface area contributed by atoms with Crippen molar-refractivity contribution < 1.29 is 13.9 Å². The molecule has 2 heterocycles. The summed E-state index contributed by atoms with van der Waals surface area (Å²) in [5.41, 5.74) is 1.67. The van der Waals surface area contributed by atoms with E-state index >= 15 is 0 Å². The Balaban J connectivity index is 1.63. The molecule has 0 radical (unpaired) electrons. The molecular weight excluding hydrogens is 417 g/mol. The van der Waals surface area contributed by atoms with E-state index in [0.717, 1.165) is 5.56 Å². The SMILES string of the molecule is CCOc1ccc(NC(=O)[C@@H](C)n2cnc3scc(-c4ccc(F)cc4)c3c2=O)cc1. The first-order valence-corrected chi connectivity index (χ1v) is 10.6. The fourth-order valence-electron chi connectivity index (χ4n) is 3.24. The zero-order valence-corrected chi connectivity index (χ0v) is 17.8. The number of halogens is 1. The van der Waals surface area contributed by atoms with E-state index < -0.39 is 6.04 Å². The van der Waals surface area contributed by atoms with Crippen LogP contribution in [0.4, 0.5) is 10.1 Å². The van der Waals surface area contributed by atoms with Crippen LogP contribution in [0, 0.1) is 5.82 Å². The molecule has 1 amide bonds. The van der Waals surface area contributed by atoms with E-state index in [4.69, 9.17) is 4.74 Å². The molecule has 6 nitrogen and oxygen atoms in total. The summed E-state index contributed by atoms with van der Waals surface area (Å²) in [4.78, 5) is 30.9. The molecule has 8 heteroatoms. The fourth-order valence-corrected chi connectivity index (χ4v) is 4.14. The van der Waals surface area contributed by atoms with Gasteiger partial charge >= 0.3 is 0 Å².